The molecule has 0 rings (SSSR count). The summed E-state index contributed by atoms with van der Waals surface area (Å²) in [5, 5.41) is 9.68. The van der Waals surface area contributed by atoms with Crippen LogP contribution >= 0.6 is 0 Å². The molecule has 0 radical (unpaired) electrons. The summed E-state index contributed by atoms with van der Waals surface area (Å²) in [6.45, 7) is 4.90. The van der Waals surface area contributed by atoms with Crippen LogP contribution in [0.25, 0.3) is 0 Å². The summed E-state index contributed by atoms with van der Waals surface area (Å²) in [7, 11) is 5.97. The summed E-state index contributed by atoms with van der Waals surface area (Å²) in [4.78, 5) is 37.3. The van der Waals surface area contributed by atoms with Crippen LogP contribution in [0.1, 0.15) is 258 Å². The Balaban J connectivity index is 4.28. The molecule has 0 saturated carbocycles. The number of unbranched alkanes of at least 4 members (excludes halogenated alkanes) is 32. The van der Waals surface area contributed by atoms with Crippen LogP contribution < -0.4 is 0 Å². The maximum atomic E-state index is 12.8. The zero-order valence-corrected chi connectivity index (χ0v) is 43.4. The van der Waals surface area contributed by atoms with Gasteiger partial charge in [-0.1, -0.05) is 224 Å². The predicted octanol–water partition coefficient (Wildman–Crippen LogP) is 15.6. The van der Waals surface area contributed by atoms with Gasteiger partial charge in [-0.3, -0.25) is 9.59 Å². The van der Waals surface area contributed by atoms with Gasteiger partial charge in [-0.05, 0) is 44.9 Å². The molecule has 9 heteroatoms. The Kier molecular flexibility index (Phi) is 46.6. The van der Waals surface area contributed by atoms with E-state index in [1.807, 2.05) is 21.1 Å². The van der Waals surface area contributed by atoms with Crippen LogP contribution in [0.4, 0.5) is 0 Å². The molecule has 9 nitrogen and oxygen atoms in total. The van der Waals surface area contributed by atoms with Gasteiger partial charge in [0.2, 0.25) is 0 Å². The summed E-state index contributed by atoms with van der Waals surface area (Å²) in [5.41, 5.74) is 0. The number of aliphatic carboxylic acids is 1. The molecular weight excluding hydrogens is 815 g/mol. The minimum atomic E-state index is -1.51. The first kappa shape index (κ1) is 62.8. The SMILES string of the molecule is CCCCCCC/C=C\C/C=C\CCCCCCCCCCCC(=O)OC(COC(=O)CCCCCCCCCCCCCCCCCCCCC)COC(OCC[N+](C)(C)C)C(=O)O. The fourth-order valence-corrected chi connectivity index (χ4v) is 7.93. The molecule has 0 heterocycles. The van der Waals surface area contributed by atoms with Crippen LogP contribution in [0, 0.1) is 0 Å². The van der Waals surface area contributed by atoms with Crippen molar-refractivity contribution in [2.45, 2.75) is 270 Å². The van der Waals surface area contributed by atoms with Crippen LogP contribution in [-0.2, 0) is 33.3 Å². The number of carbonyl (C=O) groups is 3. The number of carboxylic acid groups (broad SMARTS) is 1. The Hall–Kier alpha value is -2.23. The molecule has 0 saturated heterocycles. The molecule has 0 aliphatic carbocycles. The number of carboxylic acids is 1. The standard InChI is InChI=1S/C56H105NO8/c1-6-8-10-12-14-16-18-20-22-24-26-27-29-31-33-35-37-39-41-43-45-47-54(59)65-52(51-64-56(55(60)61)62-49-48-57(3,4)5)50-63-53(58)46-44-42-40-38-36-34-32-30-28-25-23-21-19-17-15-13-11-9-7-2/h18,20,24,26,52,56H,6-17,19,21-23,25,27-51H2,1-5H3/p+1/b20-18-,26-24-. The second kappa shape index (κ2) is 48.2. The Morgan fingerprint density at radius 1 is 0.462 bits per heavy atom. The van der Waals surface area contributed by atoms with E-state index in [0.717, 1.165) is 51.4 Å². The van der Waals surface area contributed by atoms with Crippen molar-refractivity contribution in [1.82, 2.24) is 0 Å². The molecule has 0 bridgehead atoms. The summed E-state index contributed by atoms with van der Waals surface area (Å²) >= 11 is 0. The van der Waals surface area contributed by atoms with Gasteiger partial charge in [-0.25, -0.2) is 4.79 Å². The fraction of sp³-hybridized carbons (Fsp3) is 0.875. The summed E-state index contributed by atoms with van der Waals surface area (Å²) in [5.74, 6) is -1.99. The Morgan fingerprint density at radius 3 is 1.22 bits per heavy atom. The second-order valence-corrected chi connectivity index (χ2v) is 19.9. The fourth-order valence-electron chi connectivity index (χ4n) is 7.93. The van der Waals surface area contributed by atoms with E-state index in [1.165, 1.54) is 180 Å². The number of nitrogens with zero attached hydrogens (tertiary/aromatic N) is 1. The number of allylic oxidation sites excluding steroid dienone is 4. The van der Waals surface area contributed by atoms with E-state index >= 15 is 0 Å². The molecule has 0 aromatic carbocycles. The van der Waals surface area contributed by atoms with Gasteiger partial charge in [0, 0.05) is 12.8 Å². The molecule has 65 heavy (non-hydrogen) atoms. The van der Waals surface area contributed by atoms with E-state index in [1.54, 1.807) is 0 Å². The lowest BCUT2D eigenvalue weighted by atomic mass is 10.0. The first-order chi connectivity index (χ1) is 31.6. The molecule has 2 unspecified atom stereocenters. The minimum Gasteiger partial charge on any atom is -0.477 e. The van der Waals surface area contributed by atoms with Crippen LogP contribution in [0.2, 0.25) is 0 Å². The van der Waals surface area contributed by atoms with Gasteiger partial charge in [-0.2, -0.15) is 0 Å². The smallest absolute Gasteiger partial charge is 0.361 e. The molecule has 0 aliphatic heterocycles. The first-order valence-electron chi connectivity index (χ1n) is 27.5. The van der Waals surface area contributed by atoms with Crippen LogP contribution in [0.5, 0.6) is 0 Å². The Morgan fingerprint density at radius 2 is 0.831 bits per heavy atom. The molecule has 0 fully saturated rings. The molecule has 0 spiro atoms. The quantitative estimate of drug-likeness (QED) is 0.0211. The number of quaternary nitrogens is 1. The number of rotatable bonds is 51. The third kappa shape index (κ3) is 49.5. The lowest BCUT2D eigenvalue weighted by molar-refractivity contribution is -0.870. The molecular formula is C56H106NO8+. The minimum absolute atomic E-state index is 0.179. The van der Waals surface area contributed by atoms with Gasteiger partial charge in [0.1, 0.15) is 13.2 Å². The third-order valence-electron chi connectivity index (χ3n) is 12.2. The second-order valence-electron chi connectivity index (χ2n) is 19.9. The van der Waals surface area contributed by atoms with E-state index in [0.29, 0.717) is 17.4 Å². The van der Waals surface area contributed by atoms with E-state index < -0.39 is 24.3 Å². The van der Waals surface area contributed by atoms with E-state index in [-0.39, 0.29) is 32.2 Å². The zero-order chi connectivity index (χ0) is 47.7. The van der Waals surface area contributed by atoms with Crippen LogP contribution in [-0.4, -0.2) is 87.4 Å². The maximum absolute atomic E-state index is 12.8. The molecule has 0 aromatic heterocycles. The summed E-state index contributed by atoms with van der Waals surface area (Å²) < 4.78 is 22.9. The number of ether oxygens (including phenoxy) is 4. The van der Waals surface area contributed by atoms with Crippen molar-refractivity contribution in [3.63, 3.8) is 0 Å². The van der Waals surface area contributed by atoms with Crippen molar-refractivity contribution in [1.29, 1.82) is 0 Å². The highest BCUT2D eigenvalue weighted by atomic mass is 16.7. The average Bonchev–Trinajstić information content (AvgIpc) is 3.27. The first-order valence-corrected chi connectivity index (χ1v) is 27.5. The van der Waals surface area contributed by atoms with Gasteiger partial charge in [0.05, 0.1) is 34.4 Å². The molecule has 382 valence electrons. The molecule has 0 aliphatic rings. The van der Waals surface area contributed by atoms with Gasteiger partial charge < -0.3 is 28.5 Å². The molecule has 1 N–H and O–H groups in total. The van der Waals surface area contributed by atoms with Gasteiger partial charge in [0.25, 0.3) is 6.29 Å². The monoisotopic (exact) mass is 921 g/mol. The topological polar surface area (TPSA) is 108 Å². The van der Waals surface area contributed by atoms with Crippen molar-refractivity contribution in [2.24, 2.45) is 0 Å². The lowest BCUT2D eigenvalue weighted by Crippen LogP contribution is -2.40. The highest BCUT2D eigenvalue weighted by Crippen LogP contribution is 2.17. The molecule has 2 atom stereocenters. The normalized spacial score (nSPS) is 12.9. The summed E-state index contributed by atoms with van der Waals surface area (Å²) in [6, 6.07) is 0. The van der Waals surface area contributed by atoms with E-state index in [2.05, 4.69) is 38.2 Å². The lowest BCUT2D eigenvalue weighted by Gasteiger charge is -2.25. The molecule has 0 amide bonds. The Bertz CT molecular complexity index is 1120. The number of hydrogen-bond donors (Lipinski definition) is 1. The predicted molar refractivity (Wildman–Crippen MR) is 272 cm³/mol. The Labute approximate surface area is 401 Å². The van der Waals surface area contributed by atoms with Crippen molar-refractivity contribution in [2.75, 3.05) is 47.5 Å². The van der Waals surface area contributed by atoms with Crippen molar-refractivity contribution >= 4 is 17.9 Å². The number of esters is 2. The third-order valence-corrected chi connectivity index (χ3v) is 12.2. The van der Waals surface area contributed by atoms with E-state index in [4.69, 9.17) is 18.9 Å². The van der Waals surface area contributed by atoms with Gasteiger partial charge in [0.15, 0.2) is 6.10 Å². The zero-order valence-electron chi connectivity index (χ0n) is 43.4. The van der Waals surface area contributed by atoms with Gasteiger partial charge in [-0.15, -0.1) is 0 Å². The number of hydrogen-bond acceptors (Lipinski definition) is 7. The van der Waals surface area contributed by atoms with E-state index in [9.17, 15) is 19.5 Å². The van der Waals surface area contributed by atoms with Crippen molar-refractivity contribution in [3.8, 4) is 0 Å². The van der Waals surface area contributed by atoms with Crippen LogP contribution in [0.15, 0.2) is 24.3 Å². The van der Waals surface area contributed by atoms with Crippen molar-refractivity contribution < 1.29 is 42.9 Å². The van der Waals surface area contributed by atoms with Crippen molar-refractivity contribution in [3.05, 3.63) is 24.3 Å². The average molecular weight is 921 g/mol. The highest BCUT2D eigenvalue weighted by molar-refractivity contribution is 5.71. The largest absolute Gasteiger partial charge is 0.477 e. The number of carbonyl (C=O) groups excluding carboxylic acids is 2. The van der Waals surface area contributed by atoms with Crippen LogP contribution in [0.3, 0.4) is 0 Å². The number of likely N-dealkylation sites (N-methyl/N-ethyl adjacent to an activating group) is 1. The highest BCUT2D eigenvalue weighted by Gasteiger charge is 2.25. The van der Waals surface area contributed by atoms with Gasteiger partial charge >= 0.3 is 17.9 Å². The maximum Gasteiger partial charge on any atom is 0.361 e. The molecule has 0 aromatic rings. The summed E-state index contributed by atoms with van der Waals surface area (Å²) in [6.07, 6.45) is 52.4.